The van der Waals surface area contributed by atoms with E-state index in [2.05, 4.69) is 19.1 Å². The van der Waals surface area contributed by atoms with Gasteiger partial charge in [0.2, 0.25) is 0 Å². The molecule has 0 saturated carbocycles. The van der Waals surface area contributed by atoms with Crippen molar-refractivity contribution in [3.05, 3.63) is 66.5 Å². The molecule has 38 heavy (non-hydrogen) atoms. The maximum absolute atomic E-state index is 14.6. The van der Waals surface area contributed by atoms with Gasteiger partial charge in [-0.05, 0) is 56.2 Å². The Morgan fingerprint density at radius 1 is 0.842 bits per heavy atom. The van der Waals surface area contributed by atoms with E-state index in [1.54, 1.807) is 31.2 Å². The maximum atomic E-state index is 14.6. The fourth-order valence-electron chi connectivity index (χ4n) is 2.77. The van der Waals surface area contributed by atoms with Crippen LogP contribution >= 0.6 is 0 Å². The second-order valence-corrected chi connectivity index (χ2v) is 8.15. The largest absolute Gasteiger partial charge is 0.486 e. The van der Waals surface area contributed by atoms with Crippen molar-refractivity contribution in [1.82, 2.24) is 0 Å². The topological polar surface area (TPSA) is 97.4 Å². The molecule has 0 spiro atoms. The zero-order chi connectivity index (χ0) is 28.2. The van der Waals surface area contributed by atoms with Crippen LogP contribution in [0.25, 0.3) is 11.1 Å². The first kappa shape index (κ1) is 29.6. The molecule has 0 saturated heterocycles. The molecule has 0 amide bonds. The number of hydrogen-bond donors (Lipinski definition) is 0. The predicted molar refractivity (Wildman–Crippen MR) is 138 cm³/mol. The van der Waals surface area contributed by atoms with E-state index in [-0.39, 0.29) is 49.1 Å². The number of terminal acetylenes is 1. The standard InChI is InChI=1S/C29H29FO8/c1-7-20(6)29(33)37-15-12-34-25-11-9-22(17-26(25)35-13-14-36-27(31)18(2)3)21-8-10-24(23(30)16-21)38-28(32)19(4)5/h1,8-11,16-17,20H,2,4,12-15H2,3,5-6H3. The SMILES string of the molecule is C#CC(C)C(=O)OCCOc1ccc(-c2ccc(OC(=O)C(=C)C)c(F)c2)cc1OCCOC(=O)C(=C)C. The number of hydrogen-bond acceptors (Lipinski definition) is 8. The Bertz CT molecular complexity index is 1260. The van der Waals surface area contributed by atoms with Gasteiger partial charge in [0.05, 0.1) is 0 Å². The number of carbonyl (C=O) groups is 3. The van der Waals surface area contributed by atoms with Gasteiger partial charge in [-0.3, -0.25) is 4.79 Å². The molecule has 2 aromatic rings. The molecule has 1 unspecified atom stereocenters. The monoisotopic (exact) mass is 524 g/mol. The average molecular weight is 525 g/mol. The molecule has 0 N–H and O–H groups in total. The highest BCUT2D eigenvalue weighted by Gasteiger charge is 2.15. The highest BCUT2D eigenvalue weighted by molar-refractivity contribution is 5.89. The van der Waals surface area contributed by atoms with Gasteiger partial charge in [-0.15, -0.1) is 6.42 Å². The molecule has 0 heterocycles. The summed E-state index contributed by atoms with van der Waals surface area (Å²) >= 11 is 0. The van der Waals surface area contributed by atoms with Crippen LogP contribution in [0.1, 0.15) is 20.8 Å². The summed E-state index contributed by atoms with van der Waals surface area (Å²) in [6.45, 7) is 11.4. The zero-order valence-corrected chi connectivity index (χ0v) is 21.5. The molecule has 8 nitrogen and oxygen atoms in total. The number of esters is 3. The van der Waals surface area contributed by atoms with Gasteiger partial charge in [0.15, 0.2) is 23.1 Å². The molecule has 2 aromatic carbocycles. The first-order chi connectivity index (χ1) is 18.0. The second kappa shape index (κ2) is 14.2. The van der Waals surface area contributed by atoms with Crippen molar-refractivity contribution in [3.8, 4) is 40.7 Å². The maximum Gasteiger partial charge on any atom is 0.338 e. The van der Waals surface area contributed by atoms with Gasteiger partial charge in [-0.25, -0.2) is 14.0 Å². The van der Waals surface area contributed by atoms with E-state index < -0.39 is 29.6 Å². The third kappa shape index (κ3) is 8.82. The highest BCUT2D eigenvalue weighted by Crippen LogP contribution is 2.34. The van der Waals surface area contributed by atoms with Crippen LogP contribution < -0.4 is 14.2 Å². The third-order valence-electron chi connectivity index (χ3n) is 4.87. The van der Waals surface area contributed by atoms with Gasteiger partial charge in [0.1, 0.15) is 32.3 Å². The number of benzene rings is 2. The molecule has 0 aliphatic heterocycles. The Balaban J connectivity index is 2.19. The Kier molecular flexibility index (Phi) is 11.1. The molecule has 1 atom stereocenters. The van der Waals surface area contributed by atoms with Gasteiger partial charge in [-0.2, -0.15) is 0 Å². The average Bonchev–Trinajstić information content (AvgIpc) is 2.89. The lowest BCUT2D eigenvalue weighted by Gasteiger charge is -2.15. The highest BCUT2D eigenvalue weighted by atomic mass is 19.1. The molecule has 0 radical (unpaired) electrons. The smallest absolute Gasteiger partial charge is 0.338 e. The van der Waals surface area contributed by atoms with Crippen LogP contribution in [0.15, 0.2) is 60.7 Å². The van der Waals surface area contributed by atoms with E-state index in [4.69, 9.17) is 30.1 Å². The van der Waals surface area contributed by atoms with Crippen molar-refractivity contribution in [2.75, 3.05) is 26.4 Å². The summed E-state index contributed by atoms with van der Waals surface area (Å²) in [5.74, 6) is -0.599. The third-order valence-corrected chi connectivity index (χ3v) is 4.87. The molecule has 0 fully saturated rings. The normalized spacial score (nSPS) is 10.9. The van der Waals surface area contributed by atoms with E-state index in [1.807, 2.05) is 0 Å². The summed E-state index contributed by atoms with van der Waals surface area (Å²) in [4.78, 5) is 35.0. The van der Waals surface area contributed by atoms with Crippen LogP contribution in [0.2, 0.25) is 0 Å². The van der Waals surface area contributed by atoms with Gasteiger partial charge >= 0.3 is 17.9 Å². The lowest BCUT2D eigenvalue weighted by atomic mass is 10.0. The summed E-state index contributed by atoms with van der Waals surface area (Å²) in [7, 11) is 0. The Morgan fingerprint density at radius 3 is 1.97 bits per heavy atom. The molecule has 0 aliphatic carbocycles. The lowest BCUT2D eigenvalue weighted by molar-refractivity contribution is -0.146. The van der Waals surface area contributed by atoms with Crippen LogP contribution in [0.4, 0.5) is 4.39 Å². The molecule has 0 aliphatic rings. The van der Waals surface area contributed by atoms with E-state index in [1.165, 1.54) is 26.0 Å². The van der Waals surface area contributed by atoms with Crippen LogP contribution in [-0.4, -0.2) is 44.3 Å². The fraction of sp³-hybridized carbons (Fsp3) is 0.276. The quantitative estimate of drug-likeness (QED) is 0.123. The van der Waals surface area contributed by atoms with Gasteiger partial charge in [-0.1, -0.05) is 31.2 Å². The molecule has 2 rings (SSSR count). The summed E-state index contributed by atoms with van der Waals surface area (Å²) in [5.41, 5.74) is 1.43. The summed E-state index contributed by atoms with van der Waals surface area (Å²) in [6.07, 6.45) is 5.21. The minimum atomic E-state index is -0.741. The Labute approximate surface area is 221 Å². The van der Waals surface area contributed by atoms with E-state index in [0.29, 0.717) is 16.9 Å². The number of carbonyl (C=O) groups excluding carboxylic acids is 3. The van der Waals surface area contributed by atoms with Crippen molar-refractivity contribution >= 4 is 17.9 Å². The molecule has 0 bridgehead atoms. The number of ether oxygens (including phenoxy) is 5. The van der Waals surface area contributed by atoms with Crippen molar-refractivity contribution in [2.45, 2.75) is 20.8 Å². The summed E-state index contributed by atoms with van der Waals surface area (Å²) in [6, 6.07) is 9.00. The van der Waals surface area contributed by atoms with E-state index in [0.717, 1.165) is 0 Å². The van der Waals surface area contributed by atoms with Gasteiger partial charge < -0.3 is 23.7 Å². The zero-order valence-electron chi connectivity index (χ0n) is 21.5. The van der Waals surface area contributed by atoms with Crippen LogP contribution in [0.5, 0.6) is 17.2 Å². The minimum Gasteiger partial charge on any atom is -0.486 e. The Hall–Kier alpha value is -4.58. The summed E-state index contributed by atoms with van der Waals surface area (Å²) < 4.78 is 41.2. The molecular weight excluding hydrogens is 495 g/mol. The molecular formula is C29H29FO8. The van der Waals surface area contributed by atoms with Gasteiger partial charge in [0.25, 0.3) is 0 Å². The Morgan fingerprint density at radius 2 is 1.39 bits per heavy atom. The molecule has 0 aromatic heterocycles. The van der Waals surface area contributed by atoms with Crippen molar-refractivity contribution < 1.29 is 42.5 Å². The van der Waals surface area contributed by atoms with Crippen molar-refractivity contribution in [3.63, 3.8) is 0 Å². The summed E-state index contributed by atoms with van der Waals surface area (Å²) in [5, 5.41) is 0. The fourth-order valence-corrected chi connectivity index (χ4v) is 2.77. The van der Waals surface area contributed by atoms with Crippen LogP contribution in [0, 0.1) is 24.1 Å². The van der Waals surface area contributed by atoms with E-state index >= 15 is 0 Å². The first-order valence-corrected chi connectivity index (χ1v) is 11.6. The van der Waals surface area contributed by atoms with Crippen molar-refractivity contribution in [2.24, 2.45) is 5.92 Å². The van der Waals surface area contributed by atoms with Crippen molar-refractivity contribution in [1.29, 1.82) is 0 Å². The number of rotatable bonds is 13. The second-order valence-electron chi connectivity index (χ2n) is 8.15. The minimum absolute atomic E-state index is 0.00232. The first-order valence-electron chi connectivity index (χ1n) is 11.6. The molecule has 200 valence electrons. The van der Waals surface area contributed by atoms with Crippen LogP contribution in [-0.2, 0) is 23.9 Å². The van der Waals surface area contributed by atoms with Crippen LogP contribution in [0.3, 0.4) is 0 Å². The van der Waals surface area contributed by atoms with Gasteiger partial charge in [0, 0.05) is 11.1 Å². The van der Waals surface area contributed by atoms with E-state index in [9.17, 15) is 18.8 Å². The number of halogens is 1. The molecule has 9 heteroatoms. The predicted octanol–water partition coefficient (Wildman–Crippen LogP) is 4.66. The lowest BCUT2D eigenvalue weighted by Crippen LogP contribution is -2.17.